The highest BCUT2D eigenvalue weighted by molar-refractivity contribution is 5.75. The molecule has 0 aliphatic heterocycles. The third-order valence-corrected chi connectivity index (χ3v) is 2.19. The van der Waals surface area contributed by atoms with E-state index in [1.807, 2.05) is 6.92 Å². The third kappa shape index (κ3) is 2.58. The number of carbonyl (C=O) groups excluding carboxylic acids is 1. The Morgan fingerprint density at radius 1 is 1.36 bits per heavy atom. The number of ketones is 1. The van der Waals surface area contributed by atoms with Gasteiger partial charge in [-0.05, 0) is 20.3 Å². The van der Waals surface area contributed by atoms with Crippen molar-refractivity contribution in [3.63, 3.8) is 0 Å². The molecule has 1 aromatic heterocycles. The first-order valence-electron chi connectivity index (χ1n) is 4.90. The average molecular weight is 196 g/mol. The van der Waals surface area contributed by atoms with Gasteiger partial charge in [-0.1, -0.05) is 0 Å². The van der Waals surface area contributed by atoms with Crippen LogP contribution in [-0.4, -0.2) is 14.9 Å². The number of Topliss-reactive ketones (excluding diaryl/α,β-unsaturated/α-hetero) is 1. The van der Waals surface area contributed by atoms with E-state index in [-0.39, 0.29) is 11.5 Å². The first-order valence-corrected chi connectivity index (χ1v) is 4.90. The van der Waals surface area contributed by atoms with Gasteiger partial charge in [0.05, 0.1) is 0 Å². The molecule has 4 heteroatoms. The zero-order chi connectivity index (χ0) is 10.6. The summed E-state index contributed by atoms with van der Waals surface area (Å²) in [5.74, 6) is 0.174. The van der Waals surface area contributed by atoms with E-state index < -0.39 is 0 Å². The lowest BCUT2D eigenvalue weighted by molar-refractivity contribution is -0.117. The molecule has 0 spiro atoms. The fraction of sp³-hybridized carbons (Fsp3) is 0.600. The smallest absolute Gasteiger partial charge is 0.300 e. The van der Waals surface area contributed by atoms with E-state index in [2.05, 4.69) is 0 Å². The van der Waals surface area contributed by atoms with E-state index in [9.17, 15) is 9.59 Å². The molecule has 1 rings (SSSR count). The van der Waals surface area contributed by atoms with Crippen LogP contribution < -0.4 is 5.69 Å². The second-order valence-corrected chi connectivity index (χ2v) is 3.37. The molecule has 1 heterocycles. The summed E-state index contributed by atoms with van der Waals surface area (Å²) in [6.45, 7) is 4.82. The highest BCUT2D eigenvalue weighted by Gasteiger charge is 2.01. The minimum absolute atomic E-state index is 0.0102. The highest BCUT2D eigenvalue weighted by Crippen LogP contribution is 1.94. The molecule has 0 amide bonds. The number of imidazole rings is 1. The number of nitrogens with zero attached hydrogens (tertiary/aromatic N) is 2. The maximum Gasteiger partial charge on any atom is 0.328 e. The van der Waals surface area contributed by atoms with Crippen molar-refractivity contribution in [3.05, 3.63) is 22.9 Å². The van der Waals surface area contributed by atoms with Gasteiger partial charge in [-0.3, -0.25) is 9.13 Å². The number of aromatic nitrogens is 2. The molecule has 0 bridgehead atoms. The van der Waals surface area contributed by atoms with Crippen LogP contribution in [0.3, 0.4) is 0 Å². The van der Waals surface area contributed by atoms with Crippen LogP contribution in [0.1, 0.15) is 26.7 Å². The van der Waals surface area contributed by atoms with E-state index >= 15 is 0 Å². The molecule has 0 atom stereocenters. The molecule has 78 valence electrons. The first kappa shape index (κ1) is 10.8. The second kappa shape index (κ2) is 4.79. The number of carbonyl (C=O) groups is 1. The van der Waals surface area contributed by atoms with Crippen molar-refractivity contribution in [1.82, 2.24) is 9.13 Å². The summed E-state index contributed by atoms with van der Waals surface area (Å²) in [6.07, 6.45) is 4.83. The van der Waals surface area contributed by atoms with Crippen LogP contribution in [0.2, 0.25) is 0 Å². The lowest BCUT2D eigenvalue weighted by Crippen LogP contribution is -2.23. The van der Waals surface area contributed by atoms with Crippen molar-refractivity contribution in [2.24, 2.45) is 0 Å². The normalized spacial score (nSPS) is 10.4. The zero-order valence-electron chi connectivity index (χ0n) is 8.69. The summed E-state index contributed by atoms with van der Waals surface area (Å²) in [4.78, 5) is 22.2. The molecule has 0 unspecified atom stereocenters. The molecule has 0 radical (unpaired) electrons. The molecule has 1 aromatic rings. The maximum atomic E-state index is 11.5. The second-order valence-electron chi connectivity index (χ2n) is 3.37. The Kier molecular flexibility index (Phi) is 3.68. The van der Waals surface area contributed by atoms with Crippen LogP contribution in [0.4, 0.5) is 0 Å². The molecule has 0 aromatic carbocycles. The Labute approximate surface area is 83.2 Å². The van der Waals surface area contributed by atoms with Gasteiger partial charge in [0.1, 0.15) is 5.78 Å². The van der Waals surface area contributed by atoms with Gasteiger partial charge in [-0.25, -0.2) is 4.79 Å². The van der Waals surface area contributed by atoms with Gasteiger partial charge >= 0.3 is 5.69 Å². The molecule has 4 nitrogen and oxygen atoms in total. The number of hydrogen-bond acceptors (Lipinski definition) is 2. The Hall–Kier alpha value is -1.32. The monoisotopic (exact) mass is 196 g/mol. The Balaban J connectivity index is 2.55. The molecule has 0 fully saturated rings. The summed E-state index contributed by atoms with van der Waals surface area (Å²) in [5.41, 5.74) is 0.0102. The predicted octanol–water partition coefficient (Wildman–Crippen LogP) is 1.04. The number of rotatable bonds is 5. The van der Waals surface area contributed by atoms with E-state index in [0.717, 1.165) is 6.42 Å². The molecular weight excluding hydrogens is 180 g/mol. The van der Waals surface area contributed by atoms with E-state index in [0.29, 0.717) is 19.5 Å². The minimum atomic E-state index is 0.0102. The summed E-state index contributed by atoms with van der Waals surface area (Å²) in [5, 5.41) is 0. The van der Waals surface area contributed by atoms with E-state index in [1.54, 1.807) is 28.5 Å². The third-order valence-electron chi connectivity index (χ3n) is 2.19. The summed E-state index contributed by atoms with van der Waals surface area (Å²) < 4.78 is 3.29. The van der Waals surface area contributed by atoms with Crippen LogP contribution in [0.25, 0.3) is 0 Å². The average Bonchev–Trinajstić information content (AvgIpc) is 2.47. The zero-order valence-corrected chi connectivity index (χ0v) is 8.69. The van der Waals surface area contributed by atoms with E-state index in [1.165, 1.54) is 0 Å². The first-order chi connectivity index (χ1) is 6.65. The van der Waals surface area contributed by atoms with Gasteiger partial charge in [-0.15, -0.1) is 0 Å². The number of hydrogen-bond donors (Lipinski definition) is 0. The highest BCUT2D eigenvalue weighted by atomic mass is 16.1. The minimum Gasteiger partial charge on any atom is -0.300 e. The molecule has 14 heavy (non-hydrogen) atoms. The van der Waals surface area contributed by atoms with Crippen LogP contribution in [0.5, 0.6) is 0 Å². The van der Waals surface area contributed by atoms with Crippen molar-refractivity contribution in [2.45, 2.75) is 39.8 Å². The van der Waals surface area contributed by atoms with Gasteiger partial charge in [0, 0.05) is 31.9 Å². The Morgan fingerprint density at radius 2 is 2.00 bits per heavy atom. The molecule has 0 N–H and O–H groups in total. The van der Waals surface area contributed by atoms with Crippen molar-refractivity contribution < 1.29 is 4.79 Å². The lowest BCUT2D eigenvalue weighted by atomic mass is 10.2. The van der Waals surface area contributed by atoms with Crippen molar-refractivity contribution in [1.29, 1.82) is 0 Å². The Morgan fingerprint density at radius 3 is 2.50 bits per heavy atom. The summed E-state index contributed by atoms with van der Waals surface area (Å²) in [7, 11) is 0. The van der Waals surface area contributed by atoms with Crippen molar-refractivity contribution in [2.75, 3.05) is 0 Å². The van der Waals surface area contributed by atoms with Crippen LogP contribution in [-0.2, 0) is 17.9 Å². The quantitative estimate of drug-likeness (QED) is 0.706. The molecule has 0 saturated carbocycles. The summed E-state index contributed by atoms with van der Waals surface area (Å²) >= 11 is 0. The van der Waals surface area contributed by atoms with Gasteiger partial charge in [-0.2, -0.15) is 0 Å². The van der Waals surface area contributed by atoms with Gasteiger partial charge in [0.15, 0.2) is 0 Å². The standard InChI is InChI=1S/C10H16N2O2/c1-3-11-7-8-12(10(11)14)6-4-5-9(2)13/h7-8H,3-6H2,1-2H3. The van der Waals surface area contributed by atoms with Gasteiger partial charge in [0.2, 0.25) is 0 Å². The van der Waals surface area contributed by atoms with Crippen LogP contribution in [0, 0.1) is 0 Å². The lowest BCUT2D eigenvalue weighted by Gasteiger charge is -1.99. The maximum absolute atomic E-state index is 11.5. The molecule has 0 aliphatic rings. The topological polar surface area (TPSA) is 44.0 Å². The fourth-order valence-electron chi connectivity index (χ4n) is 1.36. The molecule has 0 saturated heterocycles. The van der Waals surface area contributed by atoms with Crippen molar-refractivity contribution >= 4 is 5.78 Å². The SMILES string of the molecule is CCn1ccn(CCCC(C)=O)c1=O. The summed E-state index contributed by atoms with van der Waals surface area (Å²) in [6, 6.07) is 0. The predicted molar refractivity (Wildman–Crippen MR) is 54.3 cm³/mol. The van der Waals surface area contributed by atoms with Gasteiger partial charge < -0.3 is 4.79 Å². The van der Waals surface area contributed by atoms with Crippen LogP contribution >= 0.6 is 0 Å². The Bertz CT molecular complexity index is 362. The van der Waals surface area contributed by atoms with Crippen LogP contribution in [0.15, 0.2) is 17.2 Å². The van der Waals surface area contributed by atoms with Crippen molar-refractivity contribution in [3.8, 4) is 0 Å². The molecular formula is C10H16N2O2. The fourth-order valence-corrected chi connectivity index (χ4v) is 1.36. The largest absolute Gasteiger partial charge is 0.328 e. The van der Waals surface area contributed by atoms with E-state index in [4.69, 9.17) is 0 Å². The number of aryl methyl sites for hydroxylation is 2. The van der Waals surface area contributed by atoms with Gasteiger partial charge in [0.25, 0.3) is 0 Å². The molecule has 0 aliphatic carbocycles.